The SMILES string of the molecule is C=C/C(=C\C)N(C1=CC=C(C(C)(C)C)CC1)c1ccc(C(C)(C)C)cc1. The summed E-state index contributed by atoms with van der Waals surface area (Å²) >= 11 is 0. The minimum Gasteiger partial charge on any atom is -0.315 e. The third-order valence-electron chi connectivity index (χ3n) is 5.13. The van der Waals surface area contributed by atoms with E-state index in [1.54, 1.807) is 0 Å². The molecule has 0 spiro atoms. The van der Waals surface area contributed by atoms with Crippen LogP contribution in [-0.4, -0.2) is 0 Å². The van der Waals surface area contributed by atoms with E-state index >= 15 is 0 Å². The molecule has 0 aromatic heterocycles. The van der Waals surface area contributed by atoms with E-state index in [9.17, 15) is 0 Å². The molecule has 1 aliphatic carbocycles. The predicted octanol–water partition coefficient (Wildman–Crippen LogP) is 7.53. The summed E-state index contributed by atoms with van der Waals surface area (Å²) in [5.74, 6) is 0. The molecule has 0 fully saturated rings. The molecule has 1 aromatic rings. The Labute approximate surface area is 160 Å². The third-order valence-corrected chi connectivity index (χ3v) is 5.13. The fourth-order valence-electron chi connectivity index (χ4n) is 3.37. The smallest absolute Gasteiger partial charge is 0.0458 e. The van der Waals surface area contributed by atoms with E-state index in [4.69, 9.17) is 0 Å². The molecule has 0 saturated carbocycles. The lowest BCUT2D eigenvalue weighted by Crippen LogP contribution is -2.23. The third kappa shape index (κ3) is 4.58. The number of rotatable bonds is 4. The van der Waals surface area contributed by atoms with Crippen LogP contribution in [0.5, 0.6) is 0 Å². The van der Waals surface area contributed by atoms with Gasteiger partial charge in [-0.05, 0) is 60.4 Å². The van der Waals surface area contributed by atoms with E-state index in [1.165, 1.54) is 22.5 Å². The molecule has 0 heterocycles. The van der Waals surface area contributed by atoms with Crippen molar-refractivity contribution in [3.63, 3.8) is 0 Å². The number of nitrogens with zero attached hydrogens (tertiary/aromatic N) is 1. The van der Waals surface area contributed by atoms with Gasteiger partial charge in [-0.2, -0.15) is 0 Å². The van der Waals surface area contributed by atoms with Gasteiger partial charge in [0.05, 0.1) is 0 Å². The summed E-state index contributed by atoms with van der Waals surface area (Å²) in [7, 11) is 0. The average molecular weight is 350 g/mol. The molecule has 1 heteroatoms. The molecule has 0 amide bonds. The van der Waals surface area contributed by atoms with Gasteiger partial charge in [-0.25, -0.2) is 0 Å². The monoisotopic (exact) mass is 349 g/mol. The fourth-order valence-corrected chi connectivity index (χ4v) is 3.37. The highest BCUT2D eigenvalue weighted by atomic mass is 15.2. The normalized spacial score (nSPS) is 16.0. The fraction of sp³-hybridized carbons (Fsp3) is 0.440. The Balaban J connectivity index is 2.45. The van der Waals surface area contributed by atoms with Crippen LogP contribution in [0.3, 0.4) is 0 Å². The molecule has 0 unspecified atom stereocenters. The Bertz CT molecular complexity index is 728. The number of benzene rings is 1. The first-order valence-electron chi connectivity index (χ1n) is 9.67. The van der Waals surface area contributed by atoms with Gasteiger partial charge < -0.3 is 4.90 Å². The van der Waals surface area contributed by atoms with E-state index < -0.39 is 0 Å². The van der Waals surface area contributed by atoms with Crippen LogP contribution in [0.15, 0.2) is 72.1 Å². The molecule has 1 aromatic carbocycles. The second kappa shape index (κ2) is 7.70. The highest BCUT2D eigenvalue weighted by Gasteiger charge is 2.23. The summed E-state index contributed by atoms with van der Waals surface area (Å²) in [4.78, 5) is 2.34. The van der Waals surface area contributed by atoms with Gasteiger partial charge in [0.25, 0.3) is 0 Å². The van der Waals surface area contributed by atoms with Gasteiger partial charge in [0.15, 0.2) is 0 Å². The Morgan fingerprint density at radius 3 is 1.92 bits per heavy atom. The molecule has 0 aliphatic heterocycles. The van der Waals surface area contributed by atoms with Gasteiger partial charge in [-0.3, -0.25) is 0 Å². The van der Waals surface area contributed by atoms with Crippen molar-refractivity contribution in [1.82, 2.24) is 0 Å². The highest BCUT2D eigenvalue weighted by Crippen LogP contribution is 2.37. The Kier molecular flexibility index (Phi) is 6.01. The maximum Gasteiger partial charge on any atom is 0.0458 e. The molecular formula is C25H35N. The van der Waals surface area contributed by atoms with E-state index in [2.05, 4.69) is 102 Å². The van der Waals surface area contributed by atoms with E-state index in [0.29, 0.717) is 0 Å². The Morgan fingerprint density at radius 1 is 0.923 bits per heavy atom. The Hall–Kier alpha value is -2.02. The van der Waals surface area contributed by atoms with Crippen LogP contribution in [0.4, 0.5) is 5.69 Å². The zero-order valence-corrected chi connectivity index (χ0v) is 17.7. The zero-order chi connectivity index (χ0) is 19.5. The molecule has 0 radical (unpaired) electrons. The first-order chi connectivity index (χ1) is 12.1. The van der Waals surface area contributed by atoms with Crippen molar-refractivity contribution >= 4 is 5.69 Å². The van der Waals surface area contributed by atoms with Crippen molar-refractivity contribution in [2.75, 3.05) is 4.90 Å². The quantitative estimate of drug-likeness (QED) is 0.508. The van der Waals surface area contributed by atoms with Crippen molar-refractivity contribution in [3.05, 3.63) is 77.7 Å². The lowest BCUT2D eigenvalue weighted by atomic mass is 9.81. The molecule has 1 nitrogen and oxygen atoms in total. The van der Waals surface area contributed by atoms with Crippen LogP contribution in [0.1, 0.15) is 66.9 Å². The maximum atomic E-state index is 4.03. The number of anilines is 1. The molecule has 0 bridgehead atoms. The molecule has 0 saturated heterocycles. The number of allylic oxidation sites excluding steroid dienone is 6. The minimum absolute atomic E-state index is 0.166. The standard InChI is InChI=1S/C25H35N/c1-9-21(10-2)26(22-15-11-19(12-16-22)24(3,4)5)23-17-13-20(14-18-23)25(6,7)8/h9-13,15-17H,1,14,18H2,2-8H3/b21-10+. The largest absolute Gasteiger partial charge is 0.315 e. The second-order valence-corrected chi connectivity index (χ2v) is 9.15. The summed E-state index contributed by atoms with van der Waals surface area (Å²) < 4.78 is 0. The van der Waals surface area contributed by atoms with Crippen molar-refractivity contribution < 1.29 is 0 Å². The molecule has 26 heavy (non-hydrogen) atoms. The topological polar surface area (TPSA) is 3.24 Å². The van der Waals surface area contributed by atoms with E-state index in [-0.39, 0.29) is 10.8 Å². The molecule has 2 rings (SSSR count). The van der Waals surface area contributed by atoms with Crippen molar-refractivity contribution in [2.24, 2.45) is 5.41 Å². The van der Waals surface area contributed by atoms with Crippen molar-refractivity contribution in [2.45, 2.75) is 66.7 Å². The van der Waals surface area contributed by atoms with Crippen molar-refractivity contribution in [1.29, 1.82) is 0 Å². The van der Waals surface area contributed by atoms with Crippen LogP contribution >= 0.6 is 0 Å². The number of hydrogen-bond acceptors (Lipinski definition) is 1. The van der Waals surface area contributed by atoms with E-state index in [0.717, 1.165) is 18.5 Å². The van der Waals surface area contributed by atoms with Gasteiger partial charge in [-0.15, -0.1) is 0 Å². The summed E-state index contributed by atoms with van der Waals surface area (Å²) in [6.07, 6.45) is 10.8. The highest BCUT2D eigenvalue weighted by molar-refractivity contribution is 5.62. The summed E-state index contributed by atoms with van der Waals surface area (Å²) in [6.45, 7) is 19.7. The van der Waals surface area contributed by atoms with Crippen LogP contribution in [-0.2, 0) is 5.41 Å². The lowest BCUT2D eigenvalue weighted by Gasteiger charge is -2.33. The minimum atomic E-state index is 0.166. The summed E-state index contributed by atoms with van der Waals surface area (Å²) in [5.41, 5.74) is 6.94. The number of hydrogen-bond donors (Lipinski definition) is 0. The van der Waals surface area contributed by atoms with Crippen LogP contribution in [0.2, 0.25) is 0 Å². The summed E-state index contributed by atoms with van der Waals surface area (Å²) in [5, 5.41) is 0. The van der Waals surface area contributed by atoms with Crippen molar-refractivity contribution in [3.8, 4) is 0 Å². The molecule has 0 atom stereocenters. The van der Waals surface area contributed by atoms with Gasteiger partial charge in [0.2, 0.25) is 0 Å². The van der Waals surface area contributed by atoms with Gasteiger partial charge in [-0.1, -0.05) is 78.0 Å². The maximum absolute atomic E-state index is 4.03. The molecule has 1 aliphatic rings. The van der Waals surface area contributed by atoms with Gasteiger partial charge in [0, 0.05) is 17.1 Å². The Morgan fingerprint density at radius 2 is 1.54 bits per heavy atom. The van der Waals surface area contributed by atoms with Crippen LogP contribution in [0, 0.1) is 5.41 Å². The average Bonchev–Trinajstić information content (AvgIpc) is 2.58. The molecule has 0 N–H and O–H groups in total. The zero-order valence-electron chi connectivity index (χ0n) is 17.7. The predicted molar refractivity (Wildman–Crippen MR) is 116 cm³/mol. The summed E-state index contributed by atoms with van der Waals surface area (Å²) in [6, 6.07) is 8.96. The lowest BCUT2D eigenvalue weighted by molar-refractivity contribution is 0.479. The molecule has 140 valence electrons. The van der Waals surface area contributed by atoms with Crippen LogP contribution < -0.4 is 4.90 Å². The van der Waals surface area contributed by atoms with Gasteiger partial charge in [0.1, 0.15) is 0 Å². The second-order valence-electron chi connectivity index (χ2n) is 9.15. The van der Waals surface area contributed by atoms with Crippen LogP contribution in [0.25, 0.3) is 0 Å². The van der Waals surface area contributed by atoms with Gasteiger partial charge >= 0.3 is 0 Å². The first-order valence-corrected chi connectivity index (χ1v) is 9.67. The molecular weight excluding hydrogens is 314 g/mol. The first kappa shape index (κ1) is 20.3. The van der Waals surface area contributed by atoms with E-state index in [1.807, 2.05) is 6.08 Å².